The Hall–Kier alpha value is -0.860. The third-order valence-corrected chi connectivity index (χ3v) is 3.08. The lowest BCUT2D eigenvalue weighted by atomic mass is 9.62. The second-order valence-electron chi connectivity index (χ2n) is 4.02. The Labute approximate surface area is 78.9 Å². The summed E-state index contributed by atoms with van der Waals surface area (Å²) in [5.41, 5.74) is 13.1. The van der Waals surface area contributed by atoms with Crippen molar-refractivity contribution in [2.75, 3.05) is 6.54 Å². The van der Waals surface area contributed by atoms with Crippen LogP contribution in [0.15, 0.2) is 30.3 Å². The Morgan fingerprint density at radius 3 is 2.31 bits per heavy atom. The summed E-state index contributed by atoms with van der Waals surface area (Å²) < 4.78 is 0. The van der Waals surface area contributed by atoms with Crippen molar-refractivity contribution in [3.05, 3.63) is 35.9 Å². The smallest absolute Gasteiger partial charge is 0.0105 e. The maximum absolute atomic E-state index is 5.81. The number of benzene rings is 1. The van der Waals surface area contributed by atoms with E-state index in [2.05, 4.69) is 24.3 Å². The van der Waals surface area contributed by atoms with Crippen LogP contribution >= 0.6 is 0 Å². The molecule has 13 heavy (non-hydrogen) atoms. The molecule has 0 heterocycles. The van der Waals surface area contributed by atoms with Gasteiger partial charge < -0.3 is 11.5 Å². The molecule has 0 radical (unpaired) electrons. The normalized spacial score (nSPS) is 32.6. The summed E-state index contributed by atoms with van der Waals surface area (Å²) in [5.74, 6) is 0. The van der Waals surface area contributed by atoms with Crippen molar-refractivity contribution in [2.24, 2.45) is 11.5 Å². The van der Waals surface area contributed by atoms with Crippen molar-refractivity contribution in [2.45, 2.75) is 24.3 Å². The van der Waals surface area contributed by atoms with Crippen LogP contribution in [0.2, 0.25) is 0 Å². The molecule has 2 rings (SSSR count). The Kier molecular flexibility index (Phi) is 2.10. The fourth-order valence-corrected chi connectivity index (χ4v) is 2.26. The largest absolute Gasteiger partial charge is 0.330 e. The molecule has 0 aromatic heterocycles. The van der Waals surface area contributed by atoms with Crippen LogP contribution in [-0.4, -0.2) is 12.6 Å². The van der Waals surface area contributed by atoms with E-state index in [-0.39, 0.29) is 5.41 Å². The van der Waals surface area contributed by atoms with Crippen molar-refractivity contribution in [1.29, 1.82) is 0 Å². The molecule has 70 valence electrons. The zero-order valence-electron chi connectivity index (χ0n) is 7.74. The highest BCUT2D eigenvalue weighted by Gasteiger charge is 2.42. The van der Waals surface area contributed by atoms with Crippen LogP contribution in [0.1, 0.15) is 18.4 Å². The summed E-state index contributed by atoms with van der Waals surface area (Å²) in [7, 11) is 0. The number of hydrogen-bond donors (Lipinski definition) is 2. The van der Waals surface area contributed by atoms with Crippen LogP contribution in [0, 0.1) is 0 Å². The first-order valence-corrected chi connectivity index (χ1v) is 4.78. The molecular weight excluding hydrogens is 160 g/mol. The highest BCUT2D eigenvalue weighted by Crippen LogP contribution is 2.41. The molecule has 1 aromatic rings. The third-order valence-electron chi connectivity index (χ3n) is 3.08. The summed E-state index contributed by atoms with van der Waals surface area (Å²) in [6, 6.07) is 10.8. The van der Waals surface area contributed by atoms with Gasteiger partial charge >= 0.3 is 0 Å². The Morgan fingerprint density at radius 2 is 1.85 bits per heavy atom. The zero-order valence-corrected chi connectivity index (χ0v) is 7.74. The quantitative estimate of drug-likeness (QED) is 0.706. The fourth-order valence-electron chi connectivity index (χ4n) is 2.26. The molecule has 2 nitrogen and oxygen atoms in total. The zero-order chi connectivity index (χ0) is 9.31. The van der Waals surface area contributed by atoms with Gasteiger partial charge in [-0.05, 0) is 18.4 Å². The fraction of sp³-hybridized carbons (Fsp3) is 0.455. The van der Waals surface area contributed by atoms with Gasteiger partial charge in [0.25, 0.3) is 0 Å². The van der Waals surface area contributed by atoms with Gasteiger partial charge in [0, 0.05) is 18.0 Å². The molecule has 1 fully saturated rings. The topological polar surface area (TPSA) is 52.0 Å². The maximum atomic E-state index is 5.81. The summed E-state index contributed by atoms with van der Waals surface area (Å²) >= 11 is 0. The highest BCUT2D eigenvalue weighted by atomic mass is 14.8. The van der Waals surface area contributed by atoms with Crippen molar-refractivity contribution in [1.82, 2.24) is 0 Å². The van der Waals surface area contributed by atoms with Gasteiger partial charge in [-0.15, -0.1) is 0 Å². The van der Waals surface area contributed by atoms with E-state index in [0.717, 1.165) is 12.8 Å². The molecule has 1 saturated carbocycles. The molecule has 0 saturated heterocycles. The van der Waals surface area contributed by atoms with Crippen molar-refractivity contribution in [3.8, 4) is 0 Å². The average molecular weight is 176 g/mol. The van der Waals surface area contributed by atoms with Gasteiger partial charge in [0.05, 0.1) is 0 Å². The Balaban J connectivity index is 2.24. The van der Waals surface area contributed by atoms with Crippen LogP contribution in [0.3, 0.4) is 0 Å². The molecule has 0 aliphatic heterocycles. The molecular formula is C11H16N2. The summed E-state index contributed by atoms with van der Waals surface area (Å²) in [4.78, 5) is 0. The Morgan fingerprint density at radius 1 is 1.23 bits per heavy atom. The van der Waals surface area contributed by atoms with E-state index in [9.17, 15) is 0 Å². The monoisotopic (exact) mass is 176 g/mol. The van der Waals surface area contributed by atoms with E-state index in [1.807, 2.05) is 6.07 Å². The summed E-state index contributed by atoms with van der Waals surface area (Å²) in [6.45, 7) is 0.713. The van der Waals surface area contributed by atoms with Gasteiger partial charge in [-0.25, -0.2) is 0 Å². The van der Waals surface area contributed by atoms with Gasteiger partial charge in [-0.3, -0.25) is 0 Å². The predicted molar refractivity (Wildman–Crippen MR) is 54.4 cm³/mol. The van der Waals surface area contributed by atoms with E-state index in [1.165, 1.54) is 5.56 Å². The van der Waals surface area contributed by atoms with Gasteiger partial charge in [-0.1, -0.05) is 30.3 Å². The molecule has 1 aromatic carbocycles. The van der Waals surface area contributed by atoms with Crippen LogP contribution in [0.5, 0.6) is 0 Å². The lowest BCUT2D eigenvalue weighted by Crippen LogP contribution is -2.53. The van der Waals surface area contributed by atoms with Gasteiger partial charge in [0.1, 0.15) is 0 Å². The first-order chi connectivity index (χ1) is 6.27. The lowest BCUT2D eigenvalue weighted by Gasteiger charge is -2.46. The van der Waals surface area contributed by atoms with Gasteiger partial charge in [0.2, 0.25) is 0 Å². The van der Waals surface area contributed by atoms with Crippen LogP contribution in [-0.2, 0) is 5.41 Å². The van der Waals surface area contributed by atoms with Crippen LogP contribution < -0.4 is 11.5 Å². The minimum atomic E-state index is 0.181. The van der Waals surface area contributed by atoms with E-state index in [4.69, 9.17) is 11.5 Å². The van der Waals surface area contributed by atoms with E-state index >= 15 is 0 Å². The van der Waals surface area contributed by atoms with Gasteiger partial charge in [0.15, 0.2) is 0 Å². The molecule has 2 heteroatoms. The SMILES string of the molecule is NCC1(c2ccccc2)CC(N)C1. The number of hydrogen-bond acceptors (Lipinski definition) is 2. The maximum Gasteiger partial charge on any atom is 0.0105 e. The van der Waals surface area contributed by atoms with Crippen molar-refractivity contribution >= 4 is 0 Å². The molecule has 0 unspecified atom stereocenters. The average Bonchev–Trinajstić information content (AvgIpc) is 2.14. The summed E-state index contributed by atoms with van der Waals surface area (Å²) in [5, 5.41) is 0. The molecule has 0 spiro atoms. The van der Waals surface area contributed by atoms with Crippen molar-refractivity contribution < 1.29 is 0 Å². The van der Waals surface area contributed by atoms with Crippen LogP contribution in [0.25, 0.3) is 0 Å². The Bertz CT molecular complexity index is 275. The minimum absolute atomic E-state index is 0.181. The predicted octanol–water partition coefficient (Wildman–Crippen LogP) is 1.00. The molecule has 0 amide bonds. The lowest BCUT2D eigenvalue weighted by molar-refractivity contribution is 0.212. The first kappa shape index (κ1) is 8.73. The van der Waals surface area contributed by atoms with E-state index in [0.29, 0.717) is 12.6 Å². The first-order valence-electron chi connectivity index (χ1n) is 4.78. The standard InChI is InChI=1S/C11H16N2/c12-8-11(6-10(13)7-11)9-4-2-1-3-5-9/h1-5,10H,6-8,12-13H2. The molecule has 1 aliphatic rings. The van der Waals surface area contributed by atoms with E-state index in [1.54, 1.807) is 0 Å². The number of nitrogens with two attached hydrogens (primary N) is 2. The minimum Gasteiger partial charge on any atom is -0.330 e. The van der Waals surface area contributed by atoms with E-state index < -0.39 is 0 Å². The second kappa shape index (κ2) is 3.13. The summed E-state index contributed by atoms with van der Waals surface area (Å²) in [6.07, 6.45) is 2.07. The third kappa shape index (κ3) is 1.36. The highest BCUT2D eigenvalue weighted by molar-refractivity contribution is 5.30. The molecule has 0 bridgehead atoms. The van der Waals surface area contributed by atoms with Crippen LogP contribution in [0.4, 0.5) is 0 Å². The number of rotatable bonds is 2. The molecule has 0 atom stereocenters. The molecule has 4 N–H and O–H groups in total. The van der Waals surface area contributed by atoms with Gasteiger partial charge in [-0.2, -0.15) is 0 Å². The molecule has 1 aliphatic carbocycles. The second-order valence-corrected chi connectivity index (χ2v) is 4.02. The van der Waals surface area contributed by atoms with Crippen molar-refractivity contribution in [3.63, 3.8) is 0 Å².